The molecule has 0 atom stereocenters. The minimum Gasteiger partial charge on any atom is -0.395 e. The van der Waals surface area contributed by atoms with Crippen LogP contribution in [0.3, 0.4) is 0 Å². The molecule has 1 N–H and O–H groups in total. The van der Waals surface area contributed by atoms with Gasteiger partial charge < -0.3 is 10.0 Å². The summed E-state index contributed by atoms with van der Waals surface area (Å²) in [4.78, 5) is 5.91. The van der Waals surface area contributed by atoms with Crippen molar-refractivity contribution in [2.24, 2.45) is 0 Å². The number of likely N-dealkylation sites (N-methyl/N-ethyl adjacent to an activating group) is 1. The van der Waals surface area contributed by atoms with Crippen LogP contribution in [0.2, 0.25) is 5.15 Å². The number of nitrogens with zero attached hydrogens (tertiary/aromatic N) is 2. The lowest BCUT2D eigenvalue weighted by atomic mass is 10.4. The standard InChI is InChI=1S/C8H11ClN2O/c1-11(5-6-12)8-4-2-3-7(9)10-8/h2-4,12H,5-6H2,1H3. The number of anilines is 1. The molecule has 0 aliphatic heterocycles. The van der Waals surface area contributed by atoms with Crippen LogP contribution in [0.4, 0.5) is 5.82 Å². The molecule has 1 aromatic heterocycles. The maximum Gasteiger partial charge on any atom is 0.131 e. The van der Waals surface area contributed by atoms with Crippen molar-refractivity contribution in [2.45, 2.75) is 0 Å². The van der Waals surface area contributed by atoms with Crippen LogP contribution in [-0.4, -0.2) is 30.3 Å². The van der Waals surface area contributed by atoms with Crippen LogP contribution in [0.5, 0.6) is 0 Å². The first-order chi connectivity index (χ1) is 5.74. The van der Waals surface area contributed by atoms with Crippen molar-refractivity contribution >= 4 is 17.4 Å². The molecule has 1 heterocycles. The molecule has 1 aromatic rings. The smallest absolute Gasteiger partial charge is 0.131 e. The molecule has 0 bridgehead atoms. The Hall–Kier alpha value is -0.800. The zero-order valence-corrected chi connectivity index (χ0v) is 7.62. The number of halogens is 1. The molecule has 1 rings (SSSR count). The average Bonchev–Trinajstić information content (AvgIpc) is 2.05. The van der Waals surface area contributed by atoms with E-state index in [1.807, 2.05) is 24.1 Å². The van der Waals surface area contributed by atoms with Crippen molar-refractivity contribution in [3.05, 3.63) is 23.4 Å². The predicted molar refractivity (Wildman–Crippen MR) is 49.6 cm³/mol. The lowest BCUT2D eigenvalue weighted by Crippen LogP contribution is -2.21. The van der Waals surface area contributed by atoms with Gasteiger partial charge in [-0.3, -0.25) is 0 Å². The molecule has 0 spiro atoms. The van der Waals surface area contributed by atoms with E-state index < -0.39 is 0 Å². The Labute approximate surface area is 76.6 Å². The van der Waals surface area contributed by atoms with Crippen LogP contribution >= 0.6 is 11.6 Å². The number of aromatic nitrogens is 1. The van der Waals surface area contributed by atoms with Crippen molar-refractivity contribution in [3.8, 4) is 0 Å². The van der Waals surface area contributed by atoms with E-state index in [4.69, 9.17) is 16.7 Å². The van der Waals surface area contributed by atoms with Gasteiger partial charge in [0.15, 0.2) is 0 Å². The van der Waals surface area contributed by atoms with Gasteiger partial charge in [0, 0.05) is 13.6 Å². The van der Waals surface area contributed by atoms with Gasteiger partial charge in [-0.15, -0.1) is 0 Å². The van der Waals surface area contributed by atoms with E-state index in [1.165, 1.54) is 0 Å². The first-order valence-electron chi connectivity index (χ1n) is 3.68. The van der Waals surface area contributed by atoms with Crippen LogP contribution in [-0.2, 0) is 0 Å². The first-order valence-corrected chi connectivity index (χ1v) is 4.06. The molecular formula is C8H11ClN2O. The van der Waals surface area contributed by atoms with Gasteiger partial charge in [0.05, 0.1) is 6.61 Å². The number of pyridine rings is 1. The second-order valence-corrected chi connectivity index (χ2v) is 2.85. The Kier molecular flexibility index (Phi) is 3.31. The van der Waals surface area contributed by atoms with Crippen LogP contribution in [0, 0.1) is 0 Å². The monoisotopic (exact) mass is 186 g/mol. The Morgan fingerprint density at radius 2 is 2.33 bits per heavy atom. The lowest BCUT2D eigenvalue weighted by Gasteiger charge is -2.16. The fourth-order valence-corrected chi connectivity index (χ4v) is 1.03. The molecule has 0 aromatic carbocycles. The third kappa shape index (κ3) is 2.36. The van der Waals surface area contributed by atoms with E-state index in [1.54, 1.807) is 6.07 Å². The summed E-state index contributed by atoms with van der Waals surface area (Å²) >= 11 is 5.69. The Balaban J connectivity index is 2.73. The molecule has 66 valence electrons. The van der Waals surface area contributed by atoms with Gasteiger partial charge in [-0.05, 0) is 12.1 Å². The molecule has 0 saturated heterocycles. The minimum absolute atomic E-state index is 0.116. The fraction of sp³-hybridized carbons (Fsp3) is 0.375. The number of rotatable bonds is 3. The summed E-state index contributed by atoms with van der Waals surface area (Å²) in [5.74, 6) is 0.775. The quantitative estimate of drug-likeness (QED) is 0.720. The molecule has 4 heteroatoms. The number of aliphatic hydroxyl groups excluding tert-OH is 1. The molecule has 0 radical (unpaired) electrons. The summed E-state index contributed by atoms with van der Waals surface area (Å²) in [6, 6.07) is 5.40. The van der Waals surface area contributed by atoms with Gasteiger partial charge in [0.1, 0.15) is 11.0 Å². The summed E-state index contributed by atoms with van der Waals surface area (Å²) in [5, 5.41) is 9.13. The summed E-state index contributed by atoms with van der Waals surface area (Å²) in [6.07, 6.45) is 0. The zero-order valence-electron chi connectivity index (χ0n) is 6.87. The van der Waals surface area contributed by atoms with Crippen LogP contribution < -0.4 is 4.90 Å². The number of aliphatic hydroxyl groups is 1. The molecule has 0 aliphatic carbocycles. The summed E-state index contributed by atoms with van der Waals surface area (Å²) in [6.45, 7) is 0.679. The molecular weight excluding hydrogens is 176 g/mol. The average molecular weight is 187 g/mol. The van der Waals surface area contributed by atoms with Crippen molar-refractivity contribution in [1.82, 2.24) is 4.98 Å². The van der Waals surface area contributed by atoms with E-state index in [0.717, 1.165) is 5.82 Å². The van der Waals surface area contributed by atoms with Crippen molar-refractivity contribution < 1.29 is 5.11 Å². The van der Waals surface area contributed by atoms with Crippen LogP contribution in [0.15, 0.2) is 18.2 Å². The topological polar surface area (TPSA) is 36.4 Å². The highest BCUT2D eigenvalue weighted by Crippen LogP contribution is 2.11. The van der Waals surface area contributed by atoms with E-state index in [0.29, 0.717) is 11.7 Å². The highest BCUT2D eigenvalue weighted by Gasteiger charge is 2.00. The predicted octanol–water partition coefficient (Wildman–Crippen LogP) is 1.16. The molecule has 12 heavy (non-hydrogen) atoms. The lowest BCUT2D eigenvalue weighted by molar-refractivity contribution is 0.304. The van der Waals surface area contributed by atoms with E-state index in [-0.39, 0.29) is 6.61 Å². The molecule has 0 saturated carbocycles. The second kappa shape index (κ2) is 4.28. The molecule has 0 unspecified atom stereocenters. The second-order valence-electron chi connectivity index (χ2n) is 2.46. The molecule has 0 amide bonds. The highest BCUT2D eigenvalue weighted by molar-refractivity contribution is 6.29. The number of hydrogen-bond donors (Lipinski definition) is 1. The third-order valence-electron chi connectivity index (χ3n) is 1.53. The molecule has 0 fully saturated rings. The molecule has 3 nitrogen and oxygen atoms in total. The SMILES string of the molecule is CN(CCO)c1cccc(Cl)n1. The first kappa shape index (κ1) is 9.29. The molecule has 0 aliphatic rings. The largest absolute Gasteiger partial charge is 0.395 e. The van der Waals surface area contributed by atoms with Gasteiger partial charge in [-0.2, -0.15) is 0 Å². The maximum absolute atomic E-state index is 8.66. The van der Waals surface area contributed by atoms with Crippen LogP contribution in [0.1, 0.15) is 0 Å². The van der Waals surface area contributed by atoms with Crippen molar-refractivity contribution in [2.75, 3.05) is 25.1 Å². The van der Waals surface area contributed by atoms with Gasteiger partial charge in [0.25, 0.3) is 0 Å². The summed E-state index contributed by atoms with van der Waals surface area (Å²) in [5.41, 5.74) is 0. The van der Waals surface area contributed by atoms with Gasteiger partial charge >= 0.3 is 0 Å². The van der Waals surface area contributed by atoms with Gasteiger partial charge in [-0.25, -0.2) is 4.98 Å². The normalized spacial score (nSPS) is 9.92. The fourth-order valence-electron chi connectivity index (χ4n) is 0.875. The van der Waals surface area contributed by atoms with E-state index >= 15 is 0 Å². The van der Waals surface area contributed by atoms with Gasteiger partial charge in [0.2, 0.25) is 0 Å². The van der Waals surface area contributed by atoms with E-state index in [9.17, 15) is 0 Å². The third-order valence-corrected chi connectivity index (χ3v) is 1.74. The Bertz CT molecular complexity index is 255. The van der Waals surface area contributed by atoms with Crippen LogP contribution in [0.25, 0.3) is 0 Å². The zero-order chi connectivity index (χ0) is 8.97. The summed E-state index contributed by atoms with van der Waals surface area (Å²) in [7, 11) is 1.86. The Morgan fingerprint density at radius 1 is 1.58 bits per heavy atom. The Morgan fingerprint density at radius 3 is 2.92 bits per heavy atom. The van der Waals surface area contributed by atoms with Crippen molar-refractivity contribution in [1.29, 1.82) is 0 Å². The number of hydrogen-bond acceptors (Lipinski definition) is 3. The highest BCUT2D eigenvalue weighted by atomic mass is 35.5. The minimum atomic E-state index is 0.116. The summed E-state index contributed by atoms with van der Waals surface area (Å²) < 4.78 is 0. The van der Waals surface area contributed by atoms with Gasteiger partial charge in [-0.1, -0.05) is 17.7 Å². The van der Waals surface area contributed by atoms with E-state index in [2.05, 4.69) is 4.98 Å². The maximum atomic E-state index is 8.66. The van der Waals surface area contributed by atoms with Crippen molar-refractivity contribution in [3.63, 3.8) is 0 Å².